The van der Waals surface area contributed by atoms with E-state index in [0.29, 0.717) is 12.0 Å². The molecule has 2 aromatic carbocycles. The van der Waals surface area contributed by atoms with E-state index in [-0.39, 0.29) is 21.2 Å². The van der Waals surface area contributed by atoms with Gasteiger partial charge in [-0.15, -0.1) is 4.33 Å². The Morgan fingerprint density at radius 2 is 1.57 bits per heavy atom. The van der Waals surface area contributed by atoms with Gasteiger partial charge in [-0.2, -0.15) is 16.8 Å². The van der Waals surface area contributed by atoms with Gasteiger partial charge in [-0.3, -0.25) is 9.11 Å². The monoisotopic (exact) mass is 382 g/mol. The van der Waals surface area contributed by atoms with Crippen molar-refractivity contribution in [3.63, 3.8) is 0 Å². The Morgan fingerprint density at radius 1 is 0.957 bits per heavy atom. The summed E-state index contributed by atoms with van der Waals surface area (Å²) in [6.45, 7) is 1.36. The first-order chi connectivity index (χ1) is 10.5. The van der Waals surface area contributed by atoms with E-state index < -0.39 is 30.0 Å². The minimum Gasteiger partial charge on any atom is -0.282 e. The number of hydrogen-bond acceptors (Lipinski definition) is 8. The van der Waals surface area contributed by atoms with Crippen molar-refractivity contribution < 1.29 is 40.6 Å². The molecule has 0 aliphatic heterocycles. The van der Waals surface area contributed by atoms with Gasteiger partial charge >= 0.3 is 0 Å². The lowest BCUT2D eigenvalue weighted by Crippen LogP contribution is -2.04. The van der Waals surface area contributed by atoms with E-state index >= 15 is 0 Å². The average molecular weight is 382 g/mol. The van der Waals surface area contributed by atoms with Crippen LogP contribution in [0.5, 0.6) is 0 Å². The van der Waals surface area contributed by atoms with E-state index in [2.05, 4.69) is 9.37 Å². The fourth-order valence-electron chi connectivity index (χ4n) is 2.03. The van der Waals surface area contributed by atoms with Crippen molar-refractivity contribution in [3.8, 4) is 0 Å². The van der Waals surface area contributed by atoms with E-state index in [1.807, 2.05) is 0 Å². The lowest BCUT2D eigenvalue weighted by atomic mass is 10.1. The molecule has 0 saturated carbocycles. The highest BCUT2D eigenvalue weighted by atomic mass is 32.2. The van der Waals surface area contributed by atoms with Crippen LogP contribution in [0.15, 0.2) is 39.0 Å². The average Bonchev–Trinajstić information content (AvgIpc) is 2.41. The molecule has 0 aliphatic carbocycles. The van der Waals surface area contributed by atoms with E-state index in [9.17, 15) is 25.9 Å². The van der Waals surface area contributed by atoms with Gasteiger partial charge in [-0.1, -0.05) is 5.04 Å². The van der Waals surface area contributed by atoms with Crippen molar-refractivity contribution in [2.45, 2.75) is 21.6 Å². The molecular weight excluding hydrogens is 372 g/mol. The smallest absolute Gasteiger partial charge is 0.282 e. The molecule has 0 fully saturated rings. The number of benzene rings is 2. The Labute approximate surface area is 135 Å². The summed E-state index contributed by atoms with van der Waals surface area (Å²) in [7, 11) is -9.14. The van der Waals surface area contributed by atoms with Crippen LogP contribution >= 0.6 is 12.0 Å². The first kappa shape index (κ1) is 18.1. The number of fused-ring (bicyclic) bond motifs is 1. The van der Waals surface area contributed by atoms with Gasteiger partial charge in [0.25, 0.3) is 20.2 Å². The van der Waals surface area contributed by atoms with Crippen LogP contribution in [0.25, 0.3) is 10.8 Å². The Hall–Kier alpha value is -1.25. The predicted molar refractivity (Wildman–Crippen MR) is 79.0 cm³/mol. The molecule has 0 amide bonds. The molecule has 2 rings (SSSR count). The van der Waals surface area contributed by atoms with Gasteiger partial charge < -0.3 is 0 Å². The van der Waals surface area contributed by atoms with Crippen LogP contribution in [-0.2, 0) is 29.6 Å². The van der Waals surface area contributed by atoms with Crippen LogP contribution in [0, 0.1) is 6.92 Å². The summed E-state index contributed by atoms with van der Waals surface area (Å²) >= 11 is 0.423. The van der Waals surface area contributed by atoms with Gasteiger partial charge in [0.15, 0.2) is 0 Å². The van der Waals surface area contributed by atoms with Crippen LogP contribution in [0.4, 0.5) is 0 Å². The summed E-state index contributed by atoms with van der Waals surface area (Å²) in [5.74, 6) is 0. The third-order valence-electron chi connectivity index (χ3n) is 2.90. The molecule has 0 spiro atoms. The second-order valence-electron chi connectivity index (χ2n) is 4.44. The van der Waals surface area contributed by atoms with Crippen molar-refractivity contribution in [1.29, 1.82) is 0 Å². The highest BCUT2D eigenvalue weighted by Crippen LogP contribution is 2.33. The first-order valence-corrected chi connectivity index (χ1v) is 9.34. The fraction of sp³-hybridized carbons (Fsp3) is 0.0909. The molecule has 0 heterocycles. The molecule has 0 aliphatic rings. The molecule has 0 atom stereocenters. The molecule has 126 valence electrons. The molecule has 3 N–H and O–H groups in total. The van der Waals surface area contributed by atoms with Crippen LogP contribution in [0.2, 0.25) is 0 Å². The molecule has 23 heavy (non-hydrogen) atoms. The Balaban J connectivity index is 2.85. The van der Waals surface area contributed by atoms with Crippen molar-refractivity contribution >= 4 is 43.1 Å². The third-order valence-corrected chi connectivity index (χ3v) is 5.35. The zero-order chi connectivity index (χ0) is 17.4. The fourth-order valence-corrected chi connectivity index (χ4v) is 4.03. The minimum absolute atomic E-state index is 0.0478. The van der Waals surface area contributed by atoms with Crippen molar-refractivity contribution in [1.82, 2.24) is 0 Å². The maximum Gasteiger partial charge on any atom is 0.295 e. The molecule has 0 bridgehead atoms. The molecular formula is C11H10O9S3. The zero-order valence-corrected chi connectivity index (χ0v) is 13.8. The Kier molecular flexibility index (Phi) is 4.98. The van der Waals surface area contributed by atoms with E-state index in [0.717, 1.165) is 12.1 Å². The quantitative estimate of drug-likeness (QED) is 0.304. The van der Waals surface area contributed by atoms with Crippen LogP contribution in [-0.4, -0.2) is 31.2 Å². The van der Waals surface area contributed by atoms with Crippen LogP contribution in [0.3, 0.4) is 0 Å². The lowest BCUT2D eigenvalue weighted by Gasteiger charge is -2.10. The normalized spacial score (nSPS) is 12.7. The molecule has 0 saturated heterocycles. The van der Waals surface area contributed by atoms with Crippen molar-refractivity contribution in [3.05, 3.63) is 29.8 Å². The summed E-state index contributed by atoms with van der Waals surface area (Å²) in [6, 6.07) is 4.63. The van der Waals surface area contributed by atoms with Gasteiger partial charge in [0, 0.05) is 10.3 Å². The highest BCUT2D eigenvalue weighted by Gasteiger charge is 2.20. The Bertz CT molecular complexity index is 964. The largest absolute Gasteiger partial charge is 0.295 e. The maximum absolute atomic E-state index is 11.5. The van der Waals surface area contributed by atoms with Gasteiger partial charge in [0.1, 0.15) is 4.90 Å². The second kappa shape index (κ2) is 6.33. The van der Waals surface area contributed by atoms with Gasteiger partial charge in [0.05, 0.1) is 16.9 Å². The van der Waals surface area contributed by atoms with E-state index in [1.54, 1.807) is 0 Å². The molecule has 2 aromatic rings. The number of hydrogen-bond donors (Lipinski definition) is 3. The summed E-state index contributed by atoms with van der Waals surface area (Å²) < 4.78 is 68.4. The van der Waals surface area contributed by atoms with Crippen molar-refractivity contribution in [2.75, 3.05) is 0 Å². The third kappa shape index (κ3) is 3.99. The van der Waals surface area contributed by atoms with E-state index in [1.165, 1.54) is 19.1 Å². The predicted octanol–water partition coefficient (Wildman–Crippen LogP) is 2.07. The summed E-state index contributed by atoms with van der Waals surface area (Å²) in [4.78, 5) is -0.818. The van der Waals surface area contributed by atoms with Crippen LogP contribution < -0.4 is 0 Å². The number of aryl methyl sites for hydroxylation is 1. The van der Waals surface area contributed by atoms with Gasteiger partial charge in [0.2, 0.25) is 0 Å². The topological polar surface area (TPSA) is 147 Å². The first-order valence-electron chi connectivity index (χ1n) is 5.72. The lowest BCUT2D eigenvalue weighted by molar-refractivity contribution is -0.432. The van der Waals surface area contributed by atoms with Gasteiger partial charge in [-0.25, -0.2) is 5.26 Å². The maximum atomic E-state index is 11.5. The molecule has 9 nitrogen and oxygen atoms in total. The minimum atomic E-state index is -4.63. The van der Waals surface area contributed by atoms with Crippen molar-refractivity contribution in [2.24, 2.45) is 0 Å². The van der Waals surface area contributed by atoms with Crippen LogP contribution in [0.1, 0.15) is 5.56 Å². The highest BCUT2D eigenvalue weighted by molar-refractivity contribution is 7.94. The Morgan fingerprint density at radius 3 is 2.09 bits per heavy atom. The number of rotatable bonds is 5. The summed E-state index contributed by atoms with van der Waals surface area (Å²) in [5, 5.41) is 11.7. The molecule has 0 aromatic heterocycles. The second-order valence-corrected chi connectivity index (χ2v) is 7.99. The zero-order valence-electron chi connectivity index (χ0n) is 11.3. The SMILES string of the molecule is Cc1cc2c(S(=O)(=O)O)cc(SOOO)cc2cc1S(=O)(=O)O. The molecule has 12 heteroatoms. The summed E-state index contributed by atoms with van der Waals surface area (Å²) in [6.07, 6.45) is 0. The molecule has 0 radical (unpaired) electrons. The van der Waals surface area contributed by atoms with Gasteiger partial charge in [-0.05, 0) is 42.1 Å². The van der Waals surface area contributed by atoms with E-state index in [4.69, 9.17) is 5.26 Å². The standard InChI is InChI=1S/C11H10O9S3/c1-6-2-9-7(4-10(6)22(13,14)15)3-8(21-20-19-12)5-11(9)23(16,17)18/h2-5,12H,1H3,(H,13,14,15)(H,16,17,18). The summed E-state index contributed by atoms with van der Waals surface area (Å²) in [5.41, 5.74) is 0.0974. The molecule has 0 unspecified atom stereocenters.